The molecule has 170 valence electrons. The molecular weight excluding hydrogens is 418 g/mol. The molecule has 2 aliphatic heterocycles. The van der Waals surface area contributed by atoms with Gasteiger partial charge in [0.1, 0.15) is 0 Å². The van der Waals surface area contributed by atoms with E-state index in [0.717, 1.165) is 19.3 Å². The zero-order valence-electron chi connectivity index (χ0n) is 18.1. The van der Waals surface area contributed by atoms with Crippen LogP contribution in [0.25, 0.3) is 0 Å². The second-order valence-electron chi connectivity index (χ2n) is 7.73. The van der Waals surface area contributed by atoms with Gasteiger partial charge in [0.25, 0.3) is 11.8 Å². The van der Waals surface area contributed by atoms with Crippen molar-refractivity contribution in [2.24, 2.45) is 4.99 Å². The smallest absolute Gasteiger partial charge is 0.261 e. The standard InChI is InChI=1S/C21H31N5O4S/c1-3-31(29,30)25-14-10-16(11-15-25)24-21(22-2)23-12-6-7-13-26-19(27)17-8-4-5-9-18(17)20(26)28/h4-5,8-9,16H,3,6-7,10-15H2,1-2H3,(H2,22,23,24). The number of rotatable bonds is 8. The van der Waals surface area contributed by atoms with Gasteiger partial charge in [0.05, 0.1) is 16.9 Å². The van der Waals surface area contributed by atoms with E-state index in [2.05, 4.69) is 15.6 Å². The molecule has 0 aromatic heterocycles. The van der Waals surface area contributed by atoms with Gasteiger partial charge < -0.3 is 10.6 Å². The van der Waals surface area contributed by atoms with Crippen molar-refractivity contribution in [2.45, 2.75) is 38.6 Å². The number of piperidine rings is 1. The van der Waals surface area contributed by atoms with Gasteiger partial charge in [-0.1, -0.05) is 12.1 Å². The first-order valence-corrected chi connectivity index (χ1v) is 12.4. The summed E-state index contributed by atoms with van der Waals surface area (Å²) in [7, 11) is -1.42. The lowest BCUT2D eigenvalue weighted by atomic mass is 10.1. The van der Waals surface area contributed by atoms with E-state index in [1.54, 1.807) is 42.5 Å². The molecule has 0 spiro atoms. The lowest BCUT2D eigenvalue weighted by Gasteiger charge is -2.32. The van der Waals surface area contributed by atoms with E-state index < -0.39 is 10.0 Å². The van der Waals surface area contributed by atoms with E-state index >= 15 is 0 Å². The average Bonchev–Trinajstić information content (AvgIpc) is 3.03. The first kappa shape index (κ1) is 23.2. The largest absolute Gasteiger partial charge is 0.356 e. The number of hydrogen-bond acceptors (Lipinski definition) is 5. The first-order valence-electron chi connectivity index (χ1n) is 10.8. The Labute approximate surface area is 183 Å². The first-order chi connectivity index (χ1) is 14.9. The minimum absolute atomic E-state index is 0.134. The number of carbonyl (C=O) groups excluding carboxylic acids is 2. The number of amides is 2. The van der Waals surface area contributed by atoms with Crippen molar-refractivity contribution in [3.63, 3.8) is 0 Å². The Kier molecular flexibility index (Phi) is 7.66. The number of imide groups is 1. The number of guanidine groups is 1. The molecule has 1 aromatic rings. The lowest BCUT2D eigenvalue weighted by molar-refractivity contribution is 0.0651. The zero-order chi connectivity index (χ0) is 22.4. The molecule has 10 heteroatoms. The third-order valence-corrected chi connectivity index (χ3v) is 7.64. The predicted molar refractivity (Wildman–Crippen MR) is 120 cm³/mol. The van der Waals surface area contributed by atoms with Gasteiger partial charge in [-0.25, -0.2) is 12.7 Å². The third-order valence-electron chi connectivity index (χ3n) is 5.76. The second kappa shape index (κ2) is 10.2. The van der Waals surface area contributed by atoms with Crippen LogP contribution in [0.4, 0.5) is 0 Å². The number of sulfonamides is 1. The van der Waals surface area contributed by atoms with Crippen LogP contribution >= 0.6 is 0 Å². The summed E-state index contributed by atoms with van der Waals surface area (Å²) in [5.41, 5.74) is 0.959. The van der Waals surface area contributed by atoms with Crippen molar-refractivity contribution < 1.29 is 18.0 Å². The molecule has 0 unspecified atom stereocenters. The molecule has 2 heterocycles. The Morgan fingerprint density at radius 3 is 2.26 bits per heavy atom. The molecule has 1 aromatic carbocycles. The Bertz CT molecular complexity index is 904. The number of carbonyl (C=O) groups is 2. The summed E-state index contributed by atoms with van der Waals surface area (Å²) in [6.45, 7) is 3.76. The van der Waals surface area contributed by atoms with Crippen molar-refractivity contribution in [3.8, 4) is 0 Å². The fraction of sp³-hybridized carbons (Fsp3) is 0.571. The summed E-state index contributed by atoms with van der Waals surface area (Å²) >= 11 is 0. The third kappa shape index (κ3) is 5.43. The van der Waals surface area contributed by atoms with Crippen LogP contribution in [0.3, 0.4) is 0 Å². The molecule has 9 nitrogen and oxygen atoms in total. The number of unbranched alkanes of at least 4 members (excludes halogenated alkanes) is 1. The molecule has 2 amide bonds. The highest BCUT2D eigenvalue weighted by Gasteiger charge is 2.34. The molecule has 3 rings (SSSR count). The molecule has 0 bridgehead atoms. The summed E-state index contributed by atoms with van der Waals surface area (Å²) in [4.78, 5) is 30.3. The molecule has 1 saturated heterocycles. The monoisotopic (exact) mass is 449 g/mol. The van der Waals surface area contributed by atoms with Gasteiger partial charge in [-0.3, -0.25) is 19.5 Å². The van der Waals surface area contributed by atoms with Crippen LogP contribution in [0.15, 0.2) is 29.3 Å². The van der Waals surface area contributed by atoms with E-state index in [9.17, 15) is 18.0 Å². The zero-order valence-corrected chi connectivity index (χ0v) is 19.0. The van der Waals surface area contributed by atoms with E-state index in [0.29, 0.717) is 49.7 Å². The van der Waals surface area contributed by atoms with Crippen LogP contribution in [0.2, 0.25) is 0 Å². The lowest BCUT2D eigenvalue weighted by Crippen LogP contribution is -2.50. The molecule has 2 aliphatic rings. The number of aliphatic imine (C=N–C) groups is 1. The van der Waals surface area contributed by atoms with Crippen molar-refractivity contribution in [3.05, 3.63) is 35.4 Å². The fourth-order valence-corrected chi connectivity index (χ4v) is 5.03. The summed E-state index contributed by atoms with van der Waals surface area (Å²) in [6.07, 6.45) is 2.95. The predicted octanol–water partition coefficient (Wildman–Crippen LogP) is 1.04. The van der Waals surface area contributed by atoms with Crippen molar-refractivity contribution in [1.82, 2.24) is 19.8 Å². The van der Waals surface area contributed by atoms with Crippen LogP contribution in [-0.4, -0.2) is 80.4 Å². The summed E-state index contributed by atoms with van der Waals surface area (Å²) in [6, 6.07) is 7.09. The highest BCUT2D eigenvalue weighted by molar-refractivity contribution is 7.89. The SMILES string of the molecule is CCS(=O)(=O)N1CCC(NC(=NC)NCCCCN2C(=O)c3ccccc3C2=O)CC1. The maximum atomic E-state index is 12.4. The van der Waals surface area contributed by atoms with Gasteiger partial charge >= 0.3 is 0 Å². The molecule has 0 saturated carbocycles. The summed E-state index contributed by atoms with van der Waals surface area (Å²) < 4.78 is 25.5. The molecule has 1 fully saturated rings. The summed E-state index contributed by atoms with van der Waals surface area (Å²) in [5.74, 6) is 0.372. The van der Waals surface area contributed by atoms with Crippen LogP contribution in [0.5, 0.6) is 0 Å². The fourth-order valence-electron chi connectivity index (χ4n) is 3.89. The Morgan fingerprint density at radius 2 is 1.71 bits per heavy atom. The van der Waals surface area contributed by atoms with E-state index in [-0.39, 0.29) is 23.6 Å². The quantitative estimate of drug-likeness (QED) is 0.266. The number of hydrogen-bond donors (Lipinski definition) is 2. The van der Waals surface area contributed by atoms with Gasteiger partial charge in [0, 0.05) is 39.3 Å². The van der Waals surface area contributed by atoms with E-state index in [4.69, 9.17) is 0 Å². The number of nitrogens with zero attached hydrogens (tertiary/aromatic N) is 3. The van der Waals surface area contributed by atoms with E-state index in [1.165, 1.54) is 4.90 Å². The minimum atomic E-state index is -3.12. The van der Waals surface area contributed by atoms with Gasteiger partial charge in [-0.2, -0.15) is 0 Å². The van der Waals surface area contributed by atoms with Gasteiger partial charge in [-0.15, -0.1) is 0 Å². The molecule has 2 N–H and O–H groups in total. The Morgan fingerprint density at radius 1 is 1.10 bits per heavy atom. The molecule has 0 atom stereocenters. The van der Waals surface area contributed by atoms with Crippen molar-refractivity contribution in [2.75, 3.05) is 39.0 Å². The average molecular weight is 450 g/mol. The van der Waals surface area contributed by atoms with Crippen LogP contribution in [0, 0.1) is 0 Å². The van der Waals surface area contributed by atoms with Crippen LogP contribution in [-0.2, 0) is 10.0 Å². The molecular formula is C21H31N5O4S. The highest BCUT2D eigenvalue weighted by Crippen LogP contribution is 2.22. The Hall–Kier alpha value is -2.46. The summed E-state index contributed by atoms with van der Waals surface area (Å²) in [5, 5.41) is 6.61. The maximum Gasteiger partial charge on any atom is 0.261 e. The minimum Gasteiger partial charge on any atom is -0.356 e. The van der Waals surface area contributed by atoms with Crippen LogP contribution in [0.1, 0.15) is 53.3 Å². The number of benzene rings is 1. The molecule has 0 radical (unpaired) electrons. The maximum absolute atomic E-state index is 12.4. The number of fused-ring (bicyclic) bond motifs is 1. The van der Waals surface area contributed by atoms with Gasteiger partial charge in [0.2, 0.25) is 10.0 Å². The second-order valence-corrected chi connectivity index (χ2v) is 9.99. The molecule has 0 aliphatic carbocycles. The van der Waals surface area contributed by atoms with Gasteiger partial charge in [0.15, 0.2) is 5.96 Å². The van der Waals surface area contributed by atoms with Crippen LogP contribution < -0.4 is 10.6 Å². The van der Waals surface area contributed by atoms with Gasteiger partial charge in [-0.05, 0) is 44.7 Å². The topological polar surface area (TPSA) is 111 Å². The highest BCUT2D eigenvalue weighted by atomic mass is 32.2. The van der Waals surface area contributed by atoms with E-state index in [1.807, 2.05) is 0 Å². The number of nitrogens with one attached hydrogen (secondary N) is 2. The Balaban J connectivity index is 1.36. The van der Waals surface area contributed by atoms with Crippen molar-refractivity contribution >= 4 is 27.8 Å². The van der Waals surface area contributed by atoms with Crippen molar-refractivity contribution in [1.29, 1.82) is 0 Å². The normalized spacial score (nSPS) is 18.4. The molecule has 31 heavy (non-hydrogen) atoms.